The van der Waals surface area contributed by atoms with Gasteiger partial charge in [-0.1, -0.05) is 43.0 Å². The molecule has 2 aromatic carbocycles. The fraction of sp³-hybridized carbons (Fsp3) is 0.167. The van der Waals surface area contributed by atoms with Crippen LogP contribution in [0.3, 0.4) is 0 Å². The maximum Gasteiger partial charge on any atom is 0.338 e. The molecule has 0 unspecified atom stereocenters. The van der Waals surface area contributed by atoms with Crippen LogP contribution in [0.5, 0.6) is 0 Å². The molecule has 0 saturated heterocycles. The van der Waals surface area contributed by atoms with Crippen LogP contribution in [-0.2, 0) is 11.2 Å². The van der Waals surface area contributed by atoms with E-state index in [1.54, 1.807) is 12.1 Å². The molecule has 0 aliphatic carbocycles. The molecule has 2 rings (SSSR count). The van der Waals surface area contributed by atoms with Crippen molar-refractivity contribution in [1.29, 1.82) is 0 Å². The minimum absolute atomic E-state index is 0.124. The van der Waals surface area contributed by atoms with Crippen LogP contribution in [0.4, 0.5) is 0 Å². The molecule has 3 nitrogen and oxygen atoms in total. The highest BCUT2D eigenvalue weighted by atomic mass is 16.5. The number of benzene rings is 2. The van der Waals surface area contributed by atoms with Gasteiger partial charge in [0.25, 0.3) is 0 Å². The van der Waals surface area contributed by atoms with E-state index in [-0.39, 0.29) is 12.6 Å². The lowest BCUT2D eigenvalue weighted by molar-refractivity contribution is 0.0601. The molecule has 0 aliphatic rings. The van der Waals surface area contributed by atoms with E-state index < -0.39 is 0 Å². The Hall–Kier alpha value is -2.39. The molecule has 0 fully saturated rings. The fourth-order valence-electron chi connectivity index (χ4n) is 2.20. The third kappa shape index (κ3) is 3.38. The van der Waals surface area contributed by atoms with Gasteiger partial charge in [0.05, 0.1) is 12.7 Å². The minimum atomic E-state index is -0.361. The van der Waals surface area contributed by atoms with Crippen LogP contribution in [0.1, 0.15) is 21.5 Å². The Kier molecular flexibility index (Phi) is 4.90. The van der Waals surface area contributed by atoms with Crippen molar-refractivity contribution in [3.8, 4) is 11.1 Å². The molecule has 21 heavy (non-hydrogen) atoms. The first kappa shape index (κ1) is 15.0. The Labute approximate surface area is 124 Å². The zero-order valence-corrected chi connectivity index (χ0v) is 12.0. The Morgan fingerprint density at radius 2 is 1.95 bits per heavy atom. The summed E-state index contributed by atoms with van der Waals surface area (Å²) >= 11 is 0. The maximum absolute atomic E-state index is 11.9. The van der Waals surface area contributed by atoms with Crippen LogP contribution in [0, 0.1) is 0 Å². The lowest BCUT2D eigenvalue weighted by Gasteiger charge is -2.10. The van der Waals surface area contributed by atoms with Gasteiger partial charge in [-0.3, -0.25) is 0 Å². The predicted octanol–water partition coefficient (Wildman–Crippen LogP) is 3.32. The Morgan fingerprint density at radius 3 is 2.52 bits per heavy atom. The maximum atomic E-state index is 11.9. The van der Waals surface area contributed by atoms with E-state index in [9.17, 15) is 4.79 Å². The molecule has 0 aliphatic heterocycles. The molecule has 0 saturated carbocycles. The molecule has 0 atom stereocenters. The smallest absolute Gasteiger partial charge is 0.338 e. The normalized spacial score (nSPS) is 10.2. The third-order valence-electron chi connectivity index (χ3n) is 3.35. The van der Waals surface area contributed by atoms with Crippen molar-refractivity contribution in [1.82, 2.24) is 0 Å². The number of rotatable bonds is 5. The van der Waals surface area contributed by atoms with Gasteiger partial charge >= 0.3 is 5.97 Å². The van der Waals surface area contributed by atoms with Gasteiger partial charge in [0.1, 0.15) is 0 Å². The van der Waals surface area contributed by atoms with Crippen molar-refractivity contribution < 1.29 is 14.6 Å². The van der Waals surface area contributed by atoms with E-state index in [1.807, 2.05) is 36.4 Å². The molecule has 0 amide bonds. The molecule has 108 valence electrons. The number of carbonyl (C=O) groups excluding carboxylic acids is 1. The standard InChI is InChI=1S/C18H18O3/c1-3-13-6-9-16(18(20)21-2)17(12-13)15-7-4-14(5-8-15)10-11-19/h3-9,12,19H,1,10-11H2,2H3. The van der Waals surface area contributed by atoms with E-state index in [2.05, 4.69) is 6.58 Å². The highest BCUT2D eigenvalue weighted by Gasteiger charge is 2.13. The summed E-state index contributed by atoms with van der Waals surface area (Å²) in [6.45, 7) is 3.88. The van der Waals surface area contributed by atoms with Crippen LogP contribution in [-0.4, -0.2) is 24.8 Å². The topological polar surface area (TPSA) is 46.5 Å². The first-order chi connectivity index (χ1) is 10.2. The van der Waals surface area contributed by atoms with Crippen molar-refractivity contribution in [2.24, 2.45) is 0 Å². The number of methoxy groups -OCH3 is 1. The van der Waals surface area contributed by atoms with Crippen LogP contribution >= 0.6 is 0 Å². The number of aliphatic hydroxyl groups is 1. The molecule has 0 radical (unpaired) electrons. The lowest BCUT2D eigenvalue weighted by Crippen LogP contribution is -2.04. The third-order valence-corrected chi connectivity index (χ3v) is 3.35. The first-order valence-corrected chi connectivity index (χ1v) is 6.74. The van der Waals surface area contributed by atoms with Crippen molar-refractivity contribution >= 4 is 12.0 Å². The number of ether oxygens (including phenoxy) is 1. The molecule has 0 aromatic heterocycles. The number of hydrogen-bond donors (Lipinski definition) is 1. The van der Waals surface area contributed by atoms with Gasteiger partial charge in [-0.25, -0.2) is 4.79 Å². The van der Waals surface area contributed by atoms with E-state index in [1.165, 1.54) is 7.11 Å². The summed E-state index contributed by atoms with van der Waals surface area (Å²) < 4.78 is 4.84. The second-order valence-corrected chi connectivity index (χ2v) is 4.67. The predicted molar refractivity (Wildman–Crippen MR) is 84.1 cm³/mol. The first-order valence-electron chi connectivity index (χ1n) is 6.74. The average molecular weight is 282 g/mol. The zero-order valence-electron chi connectivity index (χ0n) is 12.0. The SMILES string of the molecule is C=Cc1ccc(C(=O)OC)c(-c2ccc(CCO)cc2)c1. The molecule has 2 aromatic rings. The van der Waals surface area contributed by atoms with Crippen LogP contribution in [0.25, 0.3) is 17.2 Å². The van der Waals surface area contributed by atoms with Gasteiger partial charge in [-0.2, -0.15) is 0 Å². The van der Waals surface area contributed by atoms with Crippen LogP contribution in [0.15, 0.2) is 49.0 Å². The van der Waals surface area contributed by atoms with Gasteiger partial charge in [-0.05, 0) is 40.8 Å². The van der Waals surface area contributed by atoms with Gasteiger partial charge < -0.3 is 9.84 Å². The lowest BCUT2D eigenvalue weighted by atomic mass is 9.96. The fourth-order valence-corrected chi connectivity index (χ4v) is 2.20. The second-order valence-electron chi connectivity index (χ2n) is 4.67. The van der Waals surface area contributed by atoms with Gasteiger partial charge in [0, 0.05) is 6.61 Å². The minimum Gasteiger partial charge on any atom is -0.465 e. The Morgan fingerprint density at radius 1 is 1.24 bits per heavy atom. The summed E-state index contributed by atoms with van der Waals surface area (Å²) in [6.07, 6.45) is 2.36. The summed E-state index contributed by atoms with van der Waals surface area (Å²) in [7, 11) is 1.37. The van der Waals surface area contributed by atoms with Crippen molar-refractivity contribution in [3.63, 3.8) is 0 Å². The molecular formula is C18H18O3. The average Bonchev–Trinajstić information content (AvgIpc) is 2.54. The molecule has 3 heteroatoms. The van der Waals surface area contributed by atoms with Gasteiger partial charge in [0.15, 0.2) is 0 Å². The van der Waals surface area contributed by atoms with Gasteiger partial charge in [-0.15, -0.1) is 0 Å². The molecule has 0 spiro atoms. The number of carbonyl (C=O) groups is 1. The highest BCUT2D eigenvalue weighted by molar-refractivity contribution is 5.97. The summed E-state index contributed by atoms with van der Waals surface area (Å²) in [5, 5.41) is 8.95. The quantitative estimate of drug-likeness (QED) is 0.856. The number of aliphatic hydroxyl groups excluding tert-OH is 1. The van der Waals surface area contributed by atoms with Crippen LogP contribution < -0.4 is 0 Å². The van der Waals surface area contributed by atoms with Crippen LogP contribution in [0.2, 0.25) is 0 Å². The van der Waals surface area contributed by atoms with E-state index >= 15 is 0 Å². The van der Waals surface area contributed by atoms with E-state index in [0.717, 1.165) is 22.3 Å². The van der Waals surface area contributed by atoms with Crippen molar-refractivity contribution in [2.45, 2.75) is 6.42 Å². The van der Waals surface area contributed by atoms with E-state index in [0.29, 0.717) is 12.0 Å². The zero-order chi connectivity index (χ0) is 15.2. The van der Waals surface area contributed by atoms with E-state index in [4.69, 9.17) is 9.84 Å². The molecule has 1 N–H and O–H groups in total. The summed E-state index contributed by atoms with van der Waals surface area (Å²) in [5.74, 6) is -0.361. The second kappa shape index (κ2) is 6.86. The molecule has 0 heterocycles. The van der Waals surface area contributed by atoms with Crippen molar-refractivity contribution in [3.05, 3.63) is 65.7 Å². The molecule has 0 bridgehead atoms. The van der Waals surface area contributed by atoms with Crippen molar-refractivity contribution in [2.75, 3.05) is 13.7 Å². The largest absolute Gasteiger partial charge is 0.465 e. The number of hydrogen-bond acceptors (Lipinski definition) is 3. The summed E-state index contributed by atoms with van der Waals surface area (Å²) in [4.78, 5) is 11.9. The Bertz CT molecular complexity index is 642. The molecular weight excluding hydrogens is 264 g/mol. The summed E-state index contributed by atoms with van der Waals surface area (Å²) in [5.41, 5.74) is 4.27. The highest BCUT2D eigenvalue weighted by Crippen LogP contribution is 2.26. The number of esters is 1. The van der Waals surface area contributed by atoms with Gasteiger partial charge in [0.2, 0.25) is 0 Å². The Balaban J connectivity index is 2.49. The monoisotopic (exact) mass is 282 g/mol. The summed E-state index contributed by atoms with van der Waals surface area (Å²) in [6, 6.07) is 13.3.